The number of amides is 1. The van der Waals surface area contributed by atoms with Gasteiger partial charge in [0, 0.05) is 23.0 Å². The molecule has 0 bridgehead atoms. The predicted molar refractivity (Wildman–Crippen MR) is 112 cm³/mol. The topological polar surface area (TPSA) is 49.0 Å². The number of hydrogen-bond acceptors (Lipinski definition) is 2. The van der Waals surface area contributed by atoms with E-state index in [9.17, 15) is 4.79 Å². The fraction of sp³-hybridized carbons (Fsp3) is 0.364. The van der Waals surface area contributed by atoms with Crippen molar-refractivity contribution in [3.8, 4) is 11.3 Å². The average molecular weight is 426 g/mol. The number of carbonyl (C=O) groups is 1. The quantitative estimate of drug-likeness (QED) is 0.582. The molecule has 2 aromatic carbocycles. The van der Waals surface area contributed by atoms with E-state index in [1.54, 1.807) is 0 Å². The number of hydrogen-bond donors (Lipinski definition) is 1. The second-order valence-electron chi connectivity index (χ2n) is 7.73. The Labute approximate surface area is 168 Å². The number of fused-ring (bicyclic) bond motifs is 1. The van der Waals surface area contributed by atoms with Crippen LogP contribution in [0.2, 0.25) is 0 Å². The van der Waals surface area contributed by atoms with Crippen LogP contribution in [0.3, 0.4) is 0 Å². The van der Waals surface area contributed by atoms with E-state index in [4.69, 9.17) is 0 Å². The van der Waals surface area contributed by atoms with Crippen molar-refractivity contribution in [3.05, 3.63) is 52.9 Å². The molecule has 1 aromatic heterocycles. The van der Waals surface area contributed by atoms with Crippen LogP contribution in [0.4, 0.5) is 0 Å². The fourth-order valence-electron chi connectivity index (χ4n) is 3.85. The fourth-order valence-corrected chi connectivity index (χ4v) is 4.23. The molecule has 140 valence electrons. The summed E-state index contributed by atoms with van der Waals surface area (Å²) in [5, 5.41) is 2.40. The molecule has 3 aromatic rings. The van der Waals surface area contributed by atoms with Gasteiger partial charge < -0.3 is 9.88 Å². The molecule has 1 atom stereocenters. The molecule has 1 aliphatic heterocycles. The summed E-state index contributed by atoms with van der Waals surface area (Å²) in [5.74, 6) is 1.51. The summed E-state index contributed by atoms with van der Waals surface area (Å²) in [6.45, 7) is 5.01. The molecule has 1 saturated heterocycles. The molecule has 27 heavy (non-hydrogen) atoms. The summed E-state index contributed by atoms with van der Waals surface area (Å²) >= 11 is 3.52. The van der Waals surface area contributed by atoms with E-state index in [-0.39, 0.29) is 11.9 Å². The number of H-pyrrole nitrogens is 1. The molecule has 5 heteroatoms. The van der Waals surface area contributed by atoms with Gasteiger partial charge in [-0.1, -0.05) is 48.0 Å². The molecule has 2 heterocycles. The number of benzene rings is 2. The van der Waals surface area contributed by atoms with Gasteiger partial charge in [0.05, 0.1) is 17.9 Å². The number of carbonyl (C=O) groups excluding carboxylic acids is 1. The van der Waals surface area contributed by atoms with Gasteiger partial charge in [0.1, 0.15) is 5.82 Å². The second kappa shape index (κ2) is 7.47. The van der Waals surface area contributed by atoms with E-state index in [2.05, 4.69) is 76.1 Å². The van der Waals surface area contributed by atoms with Gasteiger partial charge in [-0.3, -0.25) is 4.79 Å². The van der Waals surface area contributed by atoms with Crippen LogP contribution in [-0.2, 0) is 4.79 Å². The largest absolute Gasteiger partial charge is 0.340 e. The highest BCUT2D eigenvalue weighted by Gasteiger charge is 2.32. The Balaban J connectivity index is 1.59. The van der Waals surface area contributed by atoms with Crippen LogP contribution in [0.25, 0.3) is 22.0 Å². The number of likely N-dealkylation sites (tertiary alicyclic amines) is 1. The molecule has 0 spiro atoms. The van der Waals surface area contributed by atoms with E-state index >= 15 is 0 Å². The van der Waals surface area contributed by atoms with Crippen molar-refractivity contribution in [3.63, 3.8) is 0 Å². The number of aromatic nitrogens is 2. The first-order chi connectivity index (χ1) is 13.0. The van der Waals surface area contributed by atoms with Gasteiger partial charge in [-0.25, -0.2) is 4.98 Å². The Hall–Kier alpha value is -2.14. The highest BCUT2D eigenvalue weighted by molar-refractivity contribution is 9.10. The van der Waals surface area contributed by atoms with Gasteiger partial charge in [-0.15, -0.1) is 0 Å². The highest BCUT2D eigenvalue weighted by Crippen LogP contribution is 2.33. The molecular formula is C22H24BrN3O. The van der Waals surface area contributed by atoms with Crippen molar-refractivity contribution in [1.82, 2.24) is 14.9 Å². The Bertz CT molecular complexity index is 979. The van der Waals surface area contributed by atoms with E-state index in [1.165, 1.54) is 10.8 Å². The maximum Gasteiger partial charge on any atom is 0.223 e. The molecule has 1 unspecified atom stereocenters. The molecular weight excluding hydrogens is 402 g/mol. The maximum absolute atomic E-state index is 12.6. The molecule has 0 radical (unpaired) electrons. The third-order valence-corrected chi connectivity index (χ3v) is 5.67. The van der Waals surface area contributed by atoms with Gasteiger partial charge in [0.25, 0.3) is 0 Å². The highest BCUT2D eigenvalue weighted by atomic mass is 79.9. The van der Waals surface area contributed by atoms with Crippen LogP contribution in [-0.4, -0.2) is 27.3 Å². The molecule has 1 aliphatic rings. The first-order valence-electron chi connectivity index (χ1n) is 9.55. The number of rotatable bonds is 4. The normalized spacial score (nSPS) is 17.2. The Morgan fingerprint density at radius 3 is 2.85 bits per heavy atom. The van der Waals surface area contributed by atoms with Crippen LogP contribution in [0.15, 0.2) is 47.1 Å². The zero-order chi connectivity index (χ0) is 19.0. The molecule has 1 amide bonds. The van der Waals surface area contributed by atoms with Gasteiger partial charge >= 0.3 is 0 Å². The average Bonchev–Trinajstić information content (AvgIpc) is 3.29. The van der Waals surface area contributed by atoms with E-state index < -0.39 is 0 Å². The minimum Gasteiger partial charge on any atom is -0.340 e. The minimum atomic E-state index is 0.0708. The molecule has 0 saturated carbocycles. The Kier molecular flexibility index (Phi) is 5.04. The summed E-state index contributed by atoms with van der Waals surface area (Å²) in [6.07, 6.45) is 4.50. The predicted octanol–water partition coefficient (Wildman–Crippen LogP) is 5.70. The summed E-state index contributed by atoms with van der Waals surface area (Å²) in [4.78, 5) is 22.7. The summed E-state index contributed by atoms with van der Waals surface area (Å²) in [7, 11) is 0. The van der Waals surface area contributed by atoms with Crippen LogP contribution in [0, 0.1) is 5.92 Å². The van der Waals surface area contributed by atoms with Gasteiger partial charge in [-0.2, -0.15) is 0 Å². The summed E-state index contributed by atoms with van der Waals surface area (Å²) in [6, 6.07) is 12.8. The van der Waals surface area contributed by atoms with Gasteiger partial charge in [-0.05, 0) is 47.7 Å². The molecule has 4 nitrogen and oxygen atoms in total. The SMILES string of the molecule is CC(C)CC(=O)N1CCCC1c1ncc(-c2ccc3cc(Br)ccc3c2)[nH]1. The minimum absolute atomic E-state index is 0.0708. The van der Waals surface area contributed by atoms with Crippen molar-refractivity contribution in [2.75, 3.05) is 6.54 Å². The molecule has 0 aliphatic carbocycles. The zero-order valence-corrected chi connectivity index (χ0v) is 17.3. The van der Waals surface area contributed by atoms with Gasteiger partial charge in [0.2, 0.25) is 5.91 Å². The van der Waals surface area contributed by atoms with E-state index in [0.29, 0.717) is 12.3 Å². The van der Waals surface area contributed by atoms with Crippen molar-refractivity contribution in [2.24, 2.45) is 5.92 Å². The lowest BCUT2D eigenvalue weighted by atomic mass is 10.1. The van der Waals surface area contributed by atoms with Crippen LogP contribution in [0.5, 0.6) is 0 Å². The lowest BCUT2D eigenvalue weighted by Gasteiger charge is -2.24. The van der Waals surface area contributed by atoms with Crippen LogP contribution >= 0.6 is 15.9 Å². The van der Waals surface area contributed by atoms with E-state index in [0.717, 1.165) is 40.9 Å². The maximum atomic E-state index is 12.6. The monoisotopic (exact) mass is 425 g/mol. The van der Waals surface area contributed by atoms with Crippen LogP contribution in [0.1, 0.15) is 45.0 Å². The van der Waals surface area contributed by atoms with Crippen molar-refractivity contribution >= 4 is 32.6 Å². The Morgan fingerprint density at radius 1 is 1.26 bits per heavy atom. The number of nitrogens with zero attached hydrogens (tertiary/aromatic N) is 2. The lowest BCUT2D eigenvalue weighted by Crippen LogP contribution is -2.31. The number of imidazole rings is 1. The van der Waals surface area contributed by atoms with E-state index in [1.807, 2.05) is 11.1 Å². The smallest absolute Gasteiger partial charge is 0.223 e. The summed E-state index contributed by atoms with van der Waals surface area (Å²) < 4.78 is 1.08. The van der Waals surface area contributed by atoms with Gasteiger partial charge in [0.15, 0.2) is 0 Å². The molecule has 4 rings (SSSR count). The third-order valence-electron chi connectivity index (χ3n) is 5.18. The molecule has 1 fully saturated rings. The number of nitrogens with one attached hydrogen (secondary N) is 1. The third kappa shape index (κ3) is 3.79. The Morgan fingerprint density at radius 2 is 2.04 bits per heavy atom. The number of aromatic amines is 1. The second-order valence-corrected chi connectivity index (χ2v) is 8.65. The van der Waals surface area contributed by atoms with Crippen molar-refractivity contribution in [1.29, 1.82) is 0 Å². The number of halogens is 1. The lowest BCUT2D eigenvalue weighted by molar-refractivity contribution is -0.133. The van der Waals surface area contributed by atoms with Crippen LogP contribution < -0.4 is 0 Å². The standard InChI is InChI=1S/C22H24BrN3O/c1-14(2)10-21(27)26-9-3-4-20(26)22-24-13-19(25-22)17-6-5-16-12-18(23)8-7-15(16)11-17/h5-8,11-14,20H,3-4,9-10H2,1-2H3,(H,24,25). The first-order valence-corrected chi connectivity index (χ1v) is 10.3. The molecule has 1 N–H and O–H groups in total. The zero-order valence-electron chi connectivity index (χ0n) is 15.7. The van der Waals surface area contributed by atoms with Crippen molar-refractivity contribution in [2.45, 2.75) is 39.2 Å². The van der Waals surface area contributed by atoms with Crippen molar-refractivity contribution < 1.29 is 4.79 Å². The summed E-state index contributed by atoms with van der Waals surface area (Å²) in [5.41, 5.74) is 2.11. The first kappa shape index (κ1) is 18.2.